The Morgan fingerprint density at radius 3 is 3.25 bits per heavy atom. The molecule has 5 nitrogen and oxygen atoms in total. The van der Waals surface area contributed by atoms with Gasteiger partial charge in [0.1, 0.15) is 0 Å². The predicted molar refractivity (Wildman–Crippen MR) is 81.7 cm³/mol. The third kappa shape index (κ3) is 3.93. The molecule has 1 aliphatic rings. The number of carbonyl (C=O) groups is 1. The lowest BCUT2D eigenvalue weighted by atomic mass is 10.3. The molecule has 1 amide bonds. The number of imidazole rings is 1. The van der Waals surface area contributed by atoms with E-state index in [2.05, 4.69) is 20.6 Å². The Labute approximate surface area is 122 Å². The molecule has 0 bridgehead atoms. The van der Waals surface area contributed by atoms with Gasteiger partial charge in [0.05, 0.1) is 5.70 Å². The van der Waals surface area contributed by atoms with E-state index in [-0.39, 0.29) is 5.91 Å². The minimum absolute atomic E-state index is 0.137. The van der Waals surface area contributed by atoms with E-state index in [1.807, 2.05) is 12.2 Å². The zero-order chi connectivity index (χ0) is 14.2. The first-order valence-corrected chi connectivity index (χ1v) is 7.30. The number of hydrogen-bond acceptors (Lipinski definition) is 4. The van der Waals surface area contributed by atoms with Gasteiger partial charge in [0.2, 0.25) is 11.9 Å². The molecule has 0 atom stereocenters. The summed E-state index contributed by atoms with van der Waals surface area (Å²) in [6.45, 7) is 0.745. The van der Waals surface area contributed by atoms with Crippen molar-refractivity contribution >= 4 is 23.8 Å². The number of nitrogens with zero attached hydrogens (tertiary/aromatic N) is 2. The van der Waals surface area contributed by atoms with Crippen molar-refractivity contribution in [1.29, 1.82) is 0 Å². The summed E-state index contributed by atoms with van der Waals surface area (Å²) >= 11 is 1.50. The number of hydrogen-bond donors (Lipinski definition) is 2. The average molecular weight is 288 g/mol. The number of rotatable bonds is 6. The summed E-state index contributed by atoms with van der Waals surface area (Å²) in [6.07, 6.45) is 15.7. The molecule has 2 heterocycles. The van der Waals surface area contributed by atoms with Gasteiger partial charge < -0.3 is 9.88 Å². The zero-order valence-electron chi connectivity index (χ0n) is 11.0. The Morgan fingerprint density at radius 2 is 2.60 bits per heavy atom. The van der Waals surface area contributed by atoms with E-state index < -0.39 is 0 Å². The van der Waals surface area contributed by atoms with Crippen LogP contribution in [0.1, 0.15) is 12.8 Å². The molecule has 104 valence electrons. The van der Waals surface area contributed by atoms with Crippen molar-refractivity contribution in [1.82, 2.24) is 14.9 Å². The van der Waals surface area contributed by atoms with E-state index in [0.717, 1.165) is 30.4 Å². The van der Waals surface area contributed by atoms with Crippen LogP contribution in [0.2, 0.25) is 0 Å². The smallest absolute Gasteiger partial charge is 0.227 e. The predicted octanol–water partition coefficient (Wildman–Crippen LogP) is 2.17. The molecule has 0 unspecified atom stereocenters. The fourth-order valence-electron chi connectivity index (χ4n) is 1.87. The van der Waals surface area contributed by atoms with E-state index in [9.17, 15) is 4.79 Å². The molecule has 0 radical (unpaired) electrons. The lowest BCUT2D eigenvalue weighted by Gasteiger charge is -2.15. The van der Waals surface area contributed by atoms with Crippen LogP contribution in [0, 0.1) is 12.3 Å². The zero-order valence-corrected chi connectivity index (χ0v) is 11.8. The first kappa shape index (κ1) is 14.3. The van der Waals surface area contributed by atoms with E-state index in [4.69, 9.17) is 6.42 Å². The van der Waals surface area contributed by atoms with Crippen LogP contribution in [-0.2, 0) is 4.79 Å². The van der Waals surface area contributed by atoms with Crippen molar-refractivity contribution < 1.29 is 4.79 Å². The molecule has 0 spiro atoms. The van der Waals surface area contributed by atoms with Crippen molar-refractivity contribution in [3.05, 3.63) is 36.3 Å². The van der Waals surface area contributed by atoms with Gasteiger partial charge >= 0.3 is 0 Å². The lowest BCUT2D eigenvalue weighted by Crippen LogP contribution is -2.22. The summed E-state index contributed by atoms with van der Waals surface area (Å²) in [5.74, 6) is 4.08. The van der Waals surface area contributed by atoms with Crippen LogP contribution < -0.4 is 4.72 Å². The number of anilines is 1. The number of allylic oxidation sites excluding steroid dienone is 2. The van der Waals surface area contributed by atoms with Crippen LogP contribution in [0.15, 0.2) is 36.3 Å². The molecule has 1 saturated heterocycles. The number of nitrogens with one attached hydrogen (secondary N) is 2. The van der Waals surface area contributed by atoms with Crippen molar-refractivity contribution in [2.45, 2.75) is 12.8 Å². The highest BCUT2D eigenvalue weighted by atomic mass is 32.2. The molecular weight excluding hydrogens is 272 g/mol. The number of H-pyrrole nitrogens is 1. The standard InChI is InChI=1S/C14H16N4OS/c1-2-5-12(18-10-3-7-13(18)19)6-4-11-20-17-14-15-8-9-16-14/h1,4-6,8-9H,3,7,10-11H2,(H2,15,16,17)/b6-4-,12-5+. The lowest BCUT2D eigenvalue weighted by molar-refractivity contribution is -0.125. The summed E-state index contributed by atoms with van der Waals surface area (Å²) < 4.78 is 3.07. The van der Waals surface area contributed by atoms with Crippen molar-refractivity contribution in [2.24, 2.45) is 0 Å². The number of aromatic amines is 1. The molecule has 1 aromatic rings. The maximum atomic E-state index is 11.7. The van der Waals surface area contributed by atoms with Crippen LogP contribution in [-0.4, -0.2) is 33.1 Å². The Balaban J connectivity index is 1.82. The van der Waals surface area contributed by atoms with Crippen LogP contribution >= 0.6 is 11.9 Å². The van der Waals surface area contributed by atoms with Gasteiger partial charge in [-0.1, -0.05) is 12.0 Å². The molecule has 1 aliphatic heterocycles. The number of aromatic nitrogens is 2. The quantitative estimate of drug-likeness (QED) is 0.364. The second-order valence-electron chi connectivity index (χ2n) is 4.14. The molecule has 2 N–H and O–H groups in total. The fourth-order valence-corrected chi connectivity index (χ4v) is 2.39. The van der Waals surface area contributed by atoms with Crippen LogP contribution in [0.4, 0.5) is 5.95 Å². The Bertz CT molecular complexity index is 542. The topological polar surface area (TPSA) is 61.0 Å². The third-order valence-corrected chi connectivity index (χ3v) is 3.45. The molecule has 20 heavy (non-hydrogen) atoms. The van der Waals surface area contributed by atoms with Gasteiger partial charge in [-0.25, -0.2) is 4.98 Å². The van der Waals surface area contributed by atoms with Crippen LogP contribution in [0.25, 0.3) is 0 Å². The minimum Gasteiger partial charge on any atom is -0.330 e. The second kappa shape index (κ2) is 7.46. The first-order valence-electron chi connectivity index (χ1n) is 6.31. The normalized spacial score (nSPS) is 15.8. The highest BCUT2D eigenvalue weighted by molar-refractivity contribution is 8.00. The molecule has 2 rings (SSSR count). The Morgan fingerprint density at radius 1 is 1.70 bits per heavy atom. The van der Waals surface area contributed by atoms with Gasteiger partial charge in [0, 0.05) is 37.2 Å². The van der Waals surface area contributed by atoms with E-state index in [1.54, 1.807) is 23.4 Å². The number of terminal acetylenes is 1. The molecule has 6 heteroatoms. The Kier molecular flexibility index (Phi) is 5.33. The summed E-state index contributed by atoms with van der Waals surface area (Å²) in [5, 5.41) is 0. The second-order valence-corrected chi connectivity index (χ2v) is 4.96. The van der Waals surface area contributed by atoms with Crippen LogP contribution in [0.3, 0.4) is 0 Å². The molecule has 0 aromatic carbocycles. The van der Waals surface area contributed by atoms with Gasteiger partial charge in [-0.3, -0.25) is 9.52 Å². The highest BCUT2D eigenvalue weighted by Gasteiger charge is 2.21. The van der Waals surface area contributed by atoms with Crippen molar-refractivity contribution in [2.75, 3.05) is 17.0 Å². The molecule has 0 aliphatic carbocycles. The van der Waals surface area contributed by atoms with E-state index >= 15 is 0 Å². The van der Waals surface area contributed by atoms with Gasteiger partial charge in [0.25, 0.3) is 0 Å². The SMILES string of the molecule is C#C/C=C(\C=C/CSNc1ncc[nH]1)N1CCCC1=O. The highest BCUT2D eigenvalue weighted by Crippen LogP contribution is 2.17. The number of carbonyl (C=O) groups excluding carboxylic acids is 1. The monoisotopic (exact) mass is 288 g/mol. The maximum Gasteiger partial charge on any atom is 0.227 e. The summed E-state index contributed by atoms with van der Waals surface area (Å²) in [5.41, 5.74) is 0.786. The molecular formula is C14H16N4OS. The first-order chi connectivity index (χ1) is 9.81. The van der Waals surface area contributed by atoms with Gasteiger partial charge in [-0.2, -0.15) is 0 Å². The maximum absolute atomic E-state index is 11.7. The number of likely N-dealkylation sites (tertiary alicyclic amines) is 1. The average Bonchev–Trinajstić information content (AvgIpc) is 3.08. The van der Waals surface area contributed by atoms with E-state index in [0.29, 0.717) is 6.42 Å². The van der Waals surface area contributed by atoms with Gasteiger partial charge in [-0.15, -0.1) is 6.42 Å². The minimum atomic E-state index is 0.137. The molecule has 1 aromatic heterocycles. The van der Waals surface area contributed by atoms with E-state index in [1.165, 1.54) is 11.9 Å². The molecule has 1 fully saturated rings. The largest absolute Gasteiger partial charge is 0.330 e. The van der Waals surface area contributed by atoms with Gasteiger partial charge in [-0.05, 0) is 24.4 Å². The third-order valence-electron chi connectivity index (χ3n) is 2.75. The summed E-state index contributed by atoms with van der Waals surface area (Å²) in [6, 6.07) is 0. The fraction of sp³-hybridized carbons (Fsp3) is 0.286. The number of amides is 1. The summed E-state index contributed by atoms with van der Waals surface area (Å²) in [4.78, 5) is 20.4. The Hall–Kier alpha value is -2.13. The van der Waals surface area contributed by atoms with Crippen molar-refractivity contribution in [3.63, 3.8) is 0 Å². The summed E-state index contributed by atoms with van der Waals surface area (Å²) in [7, 11) is 0. The van der Waals surface area contributed by atoms with Gasteiger partial charge in [0.15, 0.2) is 0 Å². The molecule has 0 saturated carbocycles. The van der Waals surface area contributed by atoms with Crippen molar-refractivity contribution in [3.8, 4) is 12.3 Å². The van der Waals surface area contributed by atoms with Crippen LogP contribution in [0.5, 0.6) is 0 Å².